The molecule has 0 radical (unpaired) electrons. The van der Waals surface area contributed by atoms with Gasteiger partial charge in [0.25, 0.3) is 0 Å². The minimum atomic E-state index is 0.146. The zero-order chi connectivity index (χ0) is 15.4. The number of hydrogen-bond donors (Lipinski definition) is 2. The van der Waals surface area contributed by atoms with Crippen molar-refractivity contribution in [3.8, 4) is 0 Å². The quantitative estimate of drug-likeness (QED) is 0.820. The van der Waals surface area contributed by atoms with Gasteiger partial charge in [-0.1, -0.05) is 11.6 Å². The summed E-state index contributed by atoms with van der Waals surface area (Å²) >= 11 is 6.09. The molecule has 0 aliphatic carbocycles. The van der Waals surface area contributed by atoms with Crippen LogP contribution in [-0.4, -0.2) is 54.5 Å². The minimum absolute atomic E-state index is 0.146. The molecule has 1 aliphatic rings. The van der Waals surface area contributed by atoms with Crippen molar-refractivity contribution in [3.63, 3.8) is 0 Å². The van der Waals surface area contributed by atoms with Gasteiger partial charge in [0, 0.05) is 36.7 Å². The van der Waals surface area contributed by atoms with E-state index in [9.17, 15) is 0 Å². The largest absolute Gasteiger partial charge is 0.396 e. The second-order valence-corrected chi connectivity index (χ2v) is 5.57. The first kappa shape index (κ1) is 15.3. The van der Waals surface area contributed by atoms with E-state index in [1.165, 1.54) is 0 Å². The van der Waals surface area contributed by atoms with Crippen molar-refractivity contribution in [2.45, 2.75) is 6.42 Å². The molecule has 2 aromatic rings. The van der Waals surface area contributed by atoms with Crippen molar-refractivity contribution in [2.75, 3.05) is 49.7 Å². The van der Waals surface area contributed by atoms with Crippen LogP contribution in [0.3, 0.4) is 0 Å². The third-order valence-corrected chi connectivity index (χ3v) is 3.80. The number of halogens is 1. The van der Waals surface area contributed by atoms with Gasteiger partial charge in [-0.2, -0.15) is 4.98 Å². The van der Waals surface area contributed by atoms with Crippen molar-refractivity contribution >= 4 is 34.3 Å². The van der Waals surface area contributed by atoms with Gasteiger partial charge in [-0.05, 0) is 24.6 Å². The SMILES string of the molecule is OCCCNc1nc(N2CCOCC2)nc2ccc(Cl)cc12. The highest BCUT2D eigenvalue weighted by Gasteiger charge is 2.16. The second kappa shape index (κ2) is 7.09. The van der Waals surface area contributed by atoms with E-state index in [0.29, 0.717) is 37.2 Å². The van der Waals surface area contributed by atoms with Crippen molar-refractivity contribution in [1.29, 1.82) is 0 Å². The number of aromatic nitrogens is 2. The Labute approximate surface area is 134 Å². The van der Waals surface area contributed by atoms with E-state index in [1.54, 1.807) is 0 Å². The van der Waals surface area contributed by atoms with E-state index in [-0.39, 0.29) is 6.61 Å². The third-order valence-electron chi connectivity index (χ3n) is 3.57. The van der Waals surface area contributed by atoms with E-state index in [0.717, 1.165) is 29.8 Å². The first-order chi connectivity index (χ1) is 10.8. The van der Waals surface area contributed by atoms with Gasteiger partial charge in [0.2, 0.25) is 5.95 Å². The molecule has 1 saturated heterocycles. The number of hydrogen-bond acceptors (Lipinski definition) is 6. The lowest BCUT2D eigenvalue weighted by atomic mass is 10.2. The number of aliphatic hydroxyl groups is 1. The summed E-state index contributed by atoms with van der Waals surface area (Å²) in [5.41, 5.74) is 0.854. The summed E-state index contributed by atoms with van der Waals surface area (Å²) in [6, 6.07) is 5.60. The van der Waals surface area contributed by atoms with E-state index < -0.39 is 0 Å². The van der Waals surface area contributed by atoms with Crippen LogP contribution in [0.15, 0.2) is 18.2 Å². The van der Waals surface area contributed by atoms with Gasteiger partial charge in [0.05, 0.1) is 18.7 Å². The van der Waals surface area contributed by atoms with Crippen LogP contribution >= 0.6 is 11.6 Å². The lowest BCUT2D eigenvalue weighted by Gasteiger charge is -2.27. The summed E-state index contributed by atoms with van der Waals surface area (Å²) in [5, 5.41) is 13.8. The number of benzene rings is 1. The first-order valence-corrected chi connectivity index (χ1v) is 7.80. The number of anilines is 2. The average molecular weight is 323 g/mol. The van der Waals surface area contributed by atoms with Gasteiger partial charge in [0.1, 0.15) is 5.82 Å². The lowest BCUT2D eigenvalue weighted by Crippen LogP contribution is -2.37. The molecule has 6 nitrogen and oxygen atoms in total. The van der Waals surface area contributed by atoms with Gasteiger partial charge in [-0.25, -0.2) is 4.98 Å². The molecule has 118 valence electrons. The highest BCUT2D eigenvalue weighted by Crippen LogP contribution is 2.26. The third kappa shape index (κ3) is 3.40. The fourth-order valence-electron chi connectivity index (χ4n) is 2.41. The van der Waals surface area contributed by atoms with E-state index >= 15 is 0 Å². The molecule has 0 unspecified atom stereocenters. The molecule has 2 heterocycles. The van der Waals surface area contributed by atoms with Gasteiger partial charge >= 0.3 is 0 Å². The Bertz CT molecular complexity index is 647. The molecule has 2 N–H and O–H groups in total. The zero-order valence-electron chi connectivity index (χ0n) is 12.3. The molecule has 0 amide bonds. The molecule has 7 heteroatoms. The van der Waals surface area contributed by atoms with Crippen LogP contribution in [0.4, 0.5) is 11.8 Å². The Balaban J connectivity index is 1.97. The van der Waals surface area contributed by atoms with E-state index in [1.807, 2.05) is 18.2 Å². The van der Waals surface area contributed by atoms with Crippen LogP contribution < -0.4 is 10.2 Å². The summed E-state index contributed by atoms with van der Waals surface area (Å²) < 4.78 is 5.38. The van der Waals surface area contributed by atoms with Crippen LogP contribution in [0.1, 0.15) is 6.42 Å². The van der Waals surface area contributed by atoms with Crippen LogP contribution in [0, 0.1) is 0 Å². The summed E-state index contributed by atoms with van der Waals surface area (Å²) in [7, 11) is 0. The molecule has 1 aromatic carbocycles. The summed E-state index contributed by atoms with van der Waals surface area (Å²) in [5.74, 6) is 1.45. The number of aliphatic hydroxyl groups excluding tert-OH is 1. The summed E-state index contributed by atoms with van der Waals surface area (Å²) in [6.07, 6.45) is 0.666. The molecule has 0 bridgehead atoms. The highest BCUT2D eigenvalue weighted by atomic mass is 35.5. The topological polar surface area (TPSA) is 70.5 Å². The van der Waals surface area contributed by atoms with Crippen molar-refractivity contribution < 1.29 is 9.84 Å². The van der Waals surface area contributed by atoms with Crippen LogP contribution in [0.2, 0.25) is 5.02 Å². The normalized spacial score (nSPS) is 15.3. The van der Waals surface area contributed by atoms with Crippen molar-refractivity contribution in [2.24, 2.45) is 0 Å². The van der Waals surface area contributed by atoms with Crippen molar-refractivity contribution in [3.05, 3.63) is 23.2 Å². The number of rotatable bonds is 5. The molecular formula is C15H19ClN4O2. The predicted octanol–water partition coefficient (Wildman–Crippen LogP) is 1.91. The summed E-state index contributed by atoms with van der Waals surface area (Å²) in [4.78, 5) is 11.4. The monoisotopic (exact) mass is 322 g/mol. The number of morpholine rings is 1. The number of fused-ring (bicyclic) bond motifs is 1. The fraction of sp³-hybridized carbons (Fsp3) is 0.467. The van der Waals surface area contributed by atoms with Crippen LogP contribution in [-0.2, 0) is 4.74 Å². The maximum Gasteiger partial charge on any atom is 0.228 e. The maximum absolute atomic E-state index is 8.94. The number of nitrogens with zero attached hydrogens (tertiary/aromatic N) is 3. The Hall–Kier alpha value is -1.63. The molecule has 1 fully saturated rings. The molecule has 1 aromatic heterocycles. The molecule has 0 atom stereocenters. The minimum Gasteiger partial charge on any atom is -0.396 e. The van der Waals surface area contributed by atoms with Crippen molar-refractivity contribution in [1.82, 2.24) is 9.97 Å². The Kier molecular flexibility index (Phi) is 4.92. The smallest absolute Gasteiger partial charge is 0.228 e. The highest BCUT2D eigenvalue weighted by molar-refractivity contribution is 6.31. The maximum atomic E-state index is 8.94. The standard InChI is InChI=1S/C15H19ClN4O2/c16-11-2-3-13-12(10-11)14(17-4-1-7-21)19-15(18-13)20-5-8-22-9-6-20/h2-3,10,21H,1,4-9H2,(H,17,18,19). The Morgan fingerprint density at radius 1 is 1.27 bits per heavy atom. The fourth-order valence-corrected chi connectivity index (χ4v) is 2.59. The Morgan fingerprint density at radius 2 is 2.09 bits per heavy atom. The van der Waals surface area contributed by atoms with E-state index in [2.05, 4.69) is 20.2 Å². The molecule has 1 aliphatic heterocycles. The Morgan fingerprint density at radius 3 is 2.86 bits per heavy atom. The van der Waals surface area contributed by atoms with Gasteiger partial charge in [-0.3, -0.25) is 0 Å². The van der Waals surface area contributed by atoms with Crippen LogP contribution in [0.5, 0.6) is 0 Å². The lowest BCUT2D eigenvalue weighted by molar-refractivity contribution is 0.122. The number of ether oxygens (including phenoxy) is 1. The van der Waals surface area contributed by atoms with Gasteiger partial charge in [0.15, 0.2) is 0 Å². The first-order valence-electron chi connectivity index (χ1n) is 7.42. The number of nitrogens with one attached hydrogen (secondary N) is 1. The zero-order valence-corrected chi connectivity index (χ0v) is 13.0. The second-order valence-electron chi connectivity index (χ2n) is 5.14. The van der Waals surface area contributed by atoms with Gasteiger partial charge in [-0.15, -0.1) is 0 Å². The summed E-state index contributed by atoms with van der Waals surface area (Å²) in [6.45, 7) is 3.75. The molecule has 0 saturated carbocycles. The molecular weight excluding hydrogens is 304 g/mol. The van der Waals surface area contributed by atoms with Crippen LogP contribution in [0.25, 0.3) is 10.9 Å². The van der Waals surface area contributed by atoms with E-state index in [4.69, 9.17) is 21.4 Å². The predicted molar refractivity (Wildman–Crippen MR) is 87.8 cm³/mol. The average Bonchev–Trinajstić information content (AvgIpc) is 2.56. The van der Waals surface area contributed by atoms with Gasteiger partial charge < -0.3 is 20.1 Å². The molecule has 22 heavy (non-hydrogen) atoms. The molecule has 0 spiro atoms. The molecule has 3 rings (SSSR count).